The molecule has 0 unspecified atom stereocenters. The number of fused-ring (bicyclic) bond motifs is 2. The number of rotatable bonds is 5. The fourth-order valence-electron chi connectivity index (χ4n) is 4.88. The maximum absolute atomic E-state index is 12.6. The molecule has 4 aromatic rings. The first-order valence-electron chi connectivity index (χ1n) is 12.1. The van der Waals surface area contributed by atoms with Crippen molar-refractivity contribution in [3.8, 4) is 16.9 Å². The number of aromatic nitrogens is 2. The van der Waals surface area contributed by atoms with Gasteiger partial charge < -0.3 is 20.1 Å². The predicted octanol–water partition coefficient (Wildman–Crippen LogP) is 4.72. The normalized spacial score (nSPS) is 16.6. The Morgan fingerprint density at radius 2 is 1.89 bits per heavy atom. The van der Waals surface area contributed by atoms with Crippen molar-refractivity contribution >= 4 is 22.5 Å². The molecule has 2 aliphatic heterocycles. The number of amides is 1. The lowest BCUT2D eigenvalue weighted by atomic mass is 9.99. The summed E-state index contributed by atoms with van der Waals surface area (Å²) in [5, 5.41) is 11.9. The minimum absolute atomic E-state index is 0.0405. The third-order valence-corrected chi connectivity index (χ3v) is 6.79. The van der Waals surface area contributed by atoms with E-state index in [1.54, 1.807) is 0 Å². The highest BCUT2D eigenvalue weighted by Gasteiger charge is 2.38. The lowest BCUT2D eigenvalue weighted by Crippen LogP contribution is -2.49. The van der Waals surface area contributed by atoms with Gasteiger partial charge in [0.25, 0.3) is 0 Å². The minimum atomic E-state index is -0.494. The maximum atomic E-state index is 12.6. The molecule has 35 heavy (non-hydrogen) atoms. The highest BCUT2D eigenvalue weighted by atomic mass is 16.7. The van der Waals surface area contributed by atoms with Crippen LogP contribution in [0.4, 0.5) is 5.69 Å². The molecule has 1 aromatic heterocycles. The van der Waals surface area contributed by atoms with Crippen molar-refractivity contribution in [1.82, 2.24) is 15.1 Å². The zero-order valence-corrected chi connectivity index (χ0v) is 19.5. The third-order valence-electron chi connectivity index (χ3n) is 6.79. The number of nitrogens with one attached hydrogen (secondary N) is 2. The van der Waals surface area contributed by atoms with Crippen LogP contribution >= 0.6 is 0 Å². The number of carbonyl (C=O) groups excluding carboxylic acids is 1. The van der Waals surface area contributed by atoms with Crippen LogP contribution in [0.15, 0.2) is 72.9 Å². The first-order valence-corrected chi connectivity index (χ1v) is 12.1. The third kappa shape index (κ3) is 4.52. The van der Waals surface area contributed by atoms with Gasteiger partial charge in [-0.15, -0.1) is 0 Å². The fourth-order valence-corrected chi connectivity index (χ4v) is 4.88. The molecule has 7 heteroatoms. The van der Waals surface area contributed by atoms with Crippen LogP contribution < -0.4 is 15.4 Å². The van der Waals surface area contributed by atoms with Crippen molar-refractivity contribution in [3.05, 3.63) is 78.5 Å². The minimum Gasteiger partial charge on any atom is -0.462 e. The van der Waals surface area contributed by atoms with Crippen LogP contribution in [-0.2, 0) is 22.7 Å². The summed E-state index contributed by atoms with van der Waals surface area (Å²) in [7, 11) is 0. The Morgan fingerprint density at radius 1 is 1.03 bits per heavy atom. The van der Waals surface area contributed by atoms with E-state index in [2.05, 4.69) is 27.9 Å². The van der Waals surface area contributed by atoms with E-state index >= 15 is 0 Å². The summed E-state index contributed by atoms with van der Waals surface area (Å²) >= 11 is 0. The fraction of sp³-hybridized carbons (Fsp3) is 0.286. The summed E-state index contributed by atoms with van der Waals surface area (Å²) in [6, 6.07) is 22.2. The highest BCUT2D eigenvalue weighted by molar-refractivity contribution is 5.91. The molecule has 1 saturated heterocycles. The van der Waals surface area contributed by atoms with E-state index in [0.29, 0.717) is 19.6 Å². The number of carbonyl (C=O) groups is 1. The van der Waals surface area contributed by atoms with Gasteiger partial charge in [-0.2, -0.15) is 5.10 Å². The Balaban J connectivity index is 1.12. The SMILES string of the molecule is O=C(CCn1ncc2ccccc21)Nc1cccc(-c2ccc3c(c2)COC2(CCNCC2)O3)c1. The molecule has 0 radical (unpaired) electrons. The van der Waals surface area contributed by atoms with Crippen LogP contribution in [0.1, 0.15) is 24.8 Å². The van der Waals surface area contributed by atoms with Gasteiger partial charge in [0, 0.05) is 49.0 Å². The van der Waals surface area contributed by atoms with Gasteiger partial charge in [0.15, 0.2) is 0 Å². The molecule has 0 aliphatic carbocycles. The van der Waals surface area contributed by atoms with Gasteiger partial charge in [-0.25, -0.2) is 0 Å². The number of piperidine rings is 1. The molecule has 6 rings (SSSR count). The van der Waals surface area contributed by atoms with Gasteiger partial charge in [0.2, 0.25) is 11.7 Å². The zero-order chi connectivity index (χ0) is 23.7. The average molecular weight is 469 g/mol. The second-order valence-electron chi connectivity index (χ2n) is 9.18. The lowest BCUT2D eigenvalue weighted by molar-refractivity contribution is -0.218. The quantitative estimate of drug-likeness (QED) is 0.443. The number of nitrogens with zero attached hydrogens (tertiary/aromatic N) is 2. The first kappa shape index (κ1) is 21.8. The zero-order valence-electron chi connectivity index (χ0n) is 19.5. The predicted molar refractivity (Wildman–Crippen MR) is 135 cm³/mol. The van der Waals surface area contributed by atoms with Gasteiger partial charge >= 0.3 is 0 Å². The van der Waals surface area contributed by atoms with Gasteiger partial charge in [0.1, 0.15) is 5.75 Å². The molecular weight excluding hydrogens is 440 g/mol. The largest absolute Gasteiger partial charge is 0.462 e. The van der Waals surface area contributed by atoms with Crippen LogP contribution in [0.2, 0.25) is 0 Å². The first-order chi connectivity index (χ1) is 17.2. The monoisotopic (exact) mass is 468 g/mol. The second kappa shape index (κ2) is 9.17. The van der Waals surface area contributed by atoms with Crippen LogP contribution in [-0.4, -0.2) is 34.6 Å². The van der Waals surface area contributed by atoms with Crippen LogP contribution in [0.25, 0.3) is 22.0 Å². The molecule has 1 spiro atoms. The summed E-state index contributed by atoms with van der Waals surface area (Å²) in [5.74, 6) is 0.366. The Labute approximate surface area is 204 Å². The maximum Gasteiger partial charge on any atom is 0.226 e. The summed E-state index contributed by atoms with van der Waals surface area (Å²) in [4.78, 5) is 12.6. The Bertz CT molecular complexity index is 1370. The standard InChI is InChI=1S/C28H28N4O3/c33-27(10-15-32-25-7-2-1-4-22(25)18-30-32)31-24-6-3-5-20(17-24)21-8-9-26-23(16-21)19-34-28(35-26)11-13-29-14-12-28/h1-9,16-18,29H,10-15,19H2,(H,31,33). The number of hydrogen-bond donors (Lipinski definition) is 2. The molecule has 2 N–H and O–H groups in total. The van der Waals surface area contributed by atoms with Crippen molar-refractivity contribution in [1.29, 1.82) is 0 Å². The van der Waals surface area contributed by atoms with E-state index in [0.717, 1.165) is 65.0 Å². The molecule has 1 amide bonds. The smallest absolute Gasteiger partial charge is 0.226 e. The van der Waals surface area contributed by atoms with Crippen molar-refractivity contribution < 1.29 is 14.3 Å². The van der Waals surface area contributed by atoms with E-state index in [1.807, 2.05) is 65.5 Å². The van der Waals surface area contributed by atoms with Crippen LogP contribution in [0.3, 0.4) is 0 Å². The van der Waals surface area contributed by atoms with Gasteiger partial charge in [-0.3, -0.25) is 9.48 Å². The van der Waals surface area contributed by atoms with E-state index in [9.17, 15) is 4.79 Å². The molecule has 1 fully saturated rings. The molecular formula is C28H28N4O3. The average Bonchev–Trinajstić information content (AvgIpc) is 3.31. The van der Waals surface area contributed by atoms with Crippen LogP contribution in [0.5, 0.6) is 5.75 Å². The topological polar surface area (TPSA) is 77.4 Å². The molecule has 0 saturated carbocycles. The van der Waals surface area contributed by atoms with Gasteiger partial charge in [-0.1, -0.05) is 36.4 Å². The van der Waals surface area contributed by atoms with Crippen molar-refractivity contribution in [2.24, 2.45) is 0 Å². The van der Waals surface area contributed by atoms with E-state index in [-0.39, 0.29) is 5.91 Å². The molecule has 0 atom stereocenters. The van der Waals surface area contributed by atoms with E-state index in [4.69, 9.17) is 9.47 Å². The molecule has 2 aliphatic rings. The Kier molecular flexibility index (Phi) is 5.72. The van der Waals surface area contributed by atoms with Gasteiger partial charge in [-0.05, 0) is 41.5 Å². The number of hydrogen-bond acceptors (Lipinski definition) is 5. The van der Waals surface area contributed by atoms with E-state index in [1.165, 1.54) is 0 Å². The summed E-state index contributed by atoms with van der Waals surface area (Å²) in [6.07, 6.45) is 3.89. The van der Waals surface area contributed by atoms with Crippen molar-refractivity contribution in [2.75, 3.05) is 18.4 Å². The number of benzene rings is 3. The van der Waals surface area contributed by atoms with E-state index < -0.39 is 5.79 Å². The highest BCUT2D eigenvalue weighted by Crippen LogP contribution is 2.38. The number of ether oxygens (including phenoxy) is 2. The summed E-state index contributed by atoms with van der Waals surface area (Å²) in [5.41, 5.74) is 4.96. The van der Waals surface area contributed by atoms with Gasteiger partial charge in [0.05, 0.1) is 24.9 Å². The molecule has 3 heterocycles. The number of aryl methyl sites for hydroxylation is 1. The lowest BCUT2D eigenvalue weighted by Gasteiger charge is -2.41. The van der Waals surface area contributed by atoms with Crippen molar-refractivity contribution in [3.63, 3.8) is 0 Å². The summed E-state index contributed by atoms with van der Waals surface area (Å²) in [6.45, 7) is 2.89. The molecule has 7 nitrogen and oxygen atoms in total. The Hall–Kier alpha value is -3.68. The number of para-hydroxylation sites is 1. The molecule has 3 aromatic carbocycles. The number of anilines is 1. The molecule has 0 bridgehead atoms. The van der Waals surface area contributed by atoms with Crippen molar-refractivity contribution in [2.45, 2.75) is 38.2 Å². The second-order valence-corrected chi connectivity index (χ2v) is 9.18. The molecule has 178 valence electrons. The Morgan fingerprint density at radius 3 is 2.80 bits per heavy atom. The summed E-state index contributed by atoms with van der Waals surface area (Å²) < 4.78 is 14.3. The van der Waals surface area contributed by atoms with Crippen LogP contribution in [0, 0.1) is 0 Å².